The van der Waals surface area contributed by atoms with Crippen LogP contribution in [-0.2, 0) is 4.79 Å². The summed E-state index contributed by atoms with van der Waals surface area (Å²) in [5.41, 5.74) is 4.04. The van der Waals surface area contributed by atoms with Crippen molar-refractivity contribution in [1.29, 1.82) is 0 Å². The van der Waals surface area contributed by atoms with Crippen molar-refractivity contribution in [2.24, 2.45) is 0 Å². The molecule has 4 nitrogen and oxygen atoms in total. The Kier molecular flexibility index (Phi) is 6.28. The Hall–Kier alpha value is -2.47. The zero-order valence-corrected chi connectivity index (χ0v) is 19.4. The van der Waals surface area contributed by atoms with Crippen LogP contribution in [0.4, 0.5) is 5.00 Å². The number of aromatic nitrogens is 1. The van der Waals surface area contributed by atoms with Gasteiger partial charge in [-0.25, -0.2) is 0 Å². The van der Waals surface area contributed by atoms with Crippen LogP contribution in [0.15, 0.2) is 60.1 Å². The first-order valence-electron chi connectivity index (χ1n) is 10.0. The summed E-state index contributed by atoms with van der Waals surface area (Å²) in [4.78, 5) is 30.8. The Morgan fingerprint density at radius 1 is 1.06 bits per heavy atom. The maximum Gasteiger partial charge on any atom is 0.203 e. The van der Waals surface area contributed by atoms with Crippen LogP contribution in [0.2, 0.25) is 10.0 Å². The number of halogens is 2. The second-order valence-corrected chi connectivity index (χ2v) is 9.08. The topological polar surface area (TPSA) is 59.1 Å². The van der Waals surface area contributed by atoms with E-state index < -0.39 is 0 Å². The van der Waals surface area contributed by atoms with Crippen LogP contribution >= 0.6 is 34.5 Å². The second-order valence-electron chi connectivity index (χ2n) is 7.21. The molecule has 4 rings (SSSR count). The summed E-state index contributed by atoms with van der Waals surface area (Å²) in [6.07, 6.45) is 4.56. The van der Waals surface area contributed by atoms with Crippen LogP contribution in [-0.4, -0.2) is 16.6 Å². The Morgan fingerprint density at radius 2 is 1.81 bits per heavy atom. The molecule has 1 N–H and O–H groups in total. The molecule has 31 heavy (non-hydrogen) atoms. The van der Waals surface area contributed by atoms with Crippen molar-refractivity contribution >= 4 is 51.1 Å². The van der Waals surface area contributed by atoms with E-state index in [1.165, 1.54) is 11.3 Å². The van der Waals surface area contributed by atoms with E-state index in [1.807, 2.05) is 32.0 Å². The van der Waals surface area contributed by atoms with E-state index >= 15 is 0 Å². The third-order valence-electron chi connectivity index (χ3n) is 5.37. The summed E-state index contributed by atoms with van der Waals surface area (Å²) in [5, 5.41) is 5.05. The molecular weight excluding hydrogens is 451 g/mol. The minimum Gasteiger partial charge on any atom is -0.350 e. The summed E-state index contributed by atoms with van der Waals surface area (Å²) in [7, 11) is 0. The van der Waals surface area contributed by atoms with Gasteiger partial charge in [-0.2, -0.15) is 0 Å². The molecule has 0 aliphatic carbocycles. The van der Waals surface area contributed by atoms with E-state index in [4.69, 9.17) is 23.2 Å². The van der Waals surface area contributed by atoms with Crippen molar-refractivity contribution in [2.75, 3.05) is 5.32 Å². The van der Waals surface area contributed by atoms with E-state index in [-0.39, 0.29) is 17.5 Å². The Labute approximate surface area is 194 Å². The Morgan fingerprint density at radius 3 is 2.45 bits per heavy atom. The van der Waals surface area contributed by atoms with Gasteiger partial charge in [0.05, 0.1) is 19.9 Å². The Bertz CT molecular complexity index is 1200. The van der Waals surface area contributed by atoms with Crippen LogP contribution in [0, 0.1) is 0 Å². The molecule has 1 atom stereocenters. The van der Waals surface area contributed by atoms with E-state index in [0.29, 0.717) is 33.3 Å². The molecule has 7 heteroatoms. The fourth-order valence-corrected chi connectivity index (χ4v) is 5.23. The van der Waals surface area contributed by atoms with Crippen molar-refractivity contribution < 1.29 is 9.59 Å². The smallest absolute Gasteiger partial charge is 0.203 e. The highest BCUT2D eigenvalue weighted by Crippen LogP contribution is 2.47. The highest BCUT2D eigenvalue weighted by molar-refractivity contribution is 7.18. The van der Waals surface area contributed by atoms with E-state index in [1.54, 1.807) is 30.6 Å². The summed E-state index contributed by atoms with van der Waals surface area (Å²) in [5.74, 6) is -0.275. The number of benzene rings is 1. The van der Waals surface area contributed by atoms with Crippen molar-refractivity contribution in [3.8, 4) is 0 Å². The zero-order chi connectivity index (χ0) is 22.1. The molecule has 0 amide bonds. The first kappa shape index (κ1) is 21.8. The predicted octanol–water partition coefficient (Wildman–Crippen LogP) is 6.88. The van der Waals surface area contributed by atoms with Crippen molar-refractivity contribution in [3.63, 3.8) is 0 Å². The number of nitrogens with one attached hydrogen (secondary N) is 1. The number of hydrogen-bond donors (Lipinski definition) is 1. The van der Waals surface area contributed by atoms with Gasteiger partial charge in [0.1, 0.15) is 0 Å². The predicted molar refractivity (Wildman–Crippen MR) is 127 cm³/mol. The van der Waals surface area contributed by atoms with E-state index in [2.05, 4.69) is 10.3 Å². The molecule has 0 saturated heterocycles. The maximum absolute atomic E-state index is 13.2. The van der Waals surface area contributed by atoms with Gasteiger partial charge in [-0.15, -0.1) is 11.3 Å². The number of allylic oxidation sites excluding steroid dienone is 2. The number of hydrogen-bond acceptors (Lipinski definition) is 5. The number of anilines is 1. The number of Topliss-reactive ketones (excluding diaryl/α,β-unsaturated/α-hetero) is 1. The molecule has 1 aliphatic heterocycles. The maximum atomic E-state index is 13.2. The van der Waals surface area contributed by atoms with Gasteiger partial charge in [0.2, 0.25) is 5.78 Å². The quantitative estimate of drug-likeness (QED) is 0.398. The molecule has 0 bridgehead atoms. The van der Waals surface area contributed by atoms with E-state index in [9.17, 15) is 9.59 Å². The van der Waals surface area contributed by atoms with Crippen molar-refractivity contribution in [1.82, 2.24) is 4.98 Å². The molecule has 0 fully saturated rings. The number of fused-ring (bicyclic) bond motifs is 1. The number of pyridine rings is 1. The molecule has 0 saturated carbocycles. The third-order valence-corrected chi connectivity index (χ3v) is 7.17. The number of rotatable bonds is 6. The fraction of sp³-hybridized carbons (Fsp3) is 0.208. The average molecular weight is 471 g/mol. The monoisotopic (exact) mass is 470 g/mol. The number of thiophene rings is 1. The van der Waals surface area contributed by atoms with Crippen LogP contribution in [0.3, 0.4) is 0 Å². The van der Waals surface area contributed by atoms with Crippen LogP contribution in [0.25, 0.3) is 0 Å². The van der Waals surface area contributed by atoms with Gasteiger partial charge in [-0.3, -0.25) is 14.6 Å². The summed E-state index contributed by atoms with van der Waals surface area (Å²) in [6.45, 7) is 3.89. The number of nitrogens with zero attached hydrogens (tertiary/aromatic N) is 1. The van der Waals surface area contributed by atoms with Crippen LogP contribution in [0.5, 0.6) is 0 Å². The average Bonchev–Trinajstić information content (AvgIpc) is 3.22. The molecule has 1 aliphatic rings. The summed E-state index contributed by atoms with van der Waals surface area (Å²) in [6, 6.07) is 10.6. The van der Waals surface area contributed by atoms with Gasteiger partial charge in [0.15, 0.2) is 5.78 Å². The number of carbonyl (C=O) groups excluding carboxylic acids is 2. The standard InChI is InChI=1S/C24H20Cl2N2O2S/c1-3-18-22(19(29)4-2)21(13-7-9-27-10-8-13)15-12-20(31-24(15)28-18)23(30)14-5-6-16(25)17(26)11-14/h5-12,21,28H,3-4H2,1-2H3. The lowest BCUT2D eigenvalue weighted by Crippen LogP contribution is -2.22. The first-order valence-corrected chi connectivity index (χ1v) is 11.6. The largest absolute Gasteiger partial charge is 0.350 e. The van der Waals surface area contributed by atoms with Gasteiger partial charge < -0.3 is 5.32 Å². The third kappa shape index (κ3) is 4.05. The number of carbonyl (C=O) groups is 2. The minimum atomic E-state index is -0.242. The first-order chi connectivity index (χ1) is 14.9. The minimum absolute atomic E-state index is 0.0976. The molecule has 3 heterocycles. The normalized spacial score (nSPS) is 15.4. The lowest BCUT2D eigenvalue weighted by molar-refractivity contribution is -0.115. The lowest BCUT2D eigenvalue weighted by atomic mass is 9.80. The fourth-order valence-electron chi connectivity index (χ4n) is 3.84. The molecule has 1 aromatic carbocycles. The lowest BCUT2D eigenvalue weighted by Gasteiger charge is -2.29. The second kappa shape index (κ2) is 8.95. The zero-order valence-electron chi connectivity index (χ0n) is 17.0. The molecule has 0 radical (unpaired) electrons. The molecule has 158 valence electrons. The van der Waals surface area contributed by atoms with Crippen molar-refractivity contribution in [2.45, 2.75) is 32.6 Å². The molecular formula is C24H20Cl2N2O2S. The van der Waals surface area contributed by atoms with Gasteiger partial charge in [0, 0.05) is 41.6 Å². The SMILES string of the molecule is CCC(=O)C1=C(CC)Nc2sc(C(=O)c3ccc(Cl)c(Cl)c3)cc2C1c1ccncc1. The molecule has 2 aromatic heterocycles. The number of ketones is 2. The highest BCUT2D eigenvalue weighted by Gasteiger charge is 2.34. The van der Waals surface area contributed by atoms with Gasteiger partial charge >= 0.3 is 0 Å². The van der Waals surface area contributed by atoms with Gasteiger partial charge in [-0.1, -0.05) is 37.0 Å². The Balaban J connectivity index is 1.84. The summed E-state index contributed by atoms with van der Waals surface area (Å²) < 4.78 is 0. The van der Waals surface area contributed by atoms with Crippen LogP contribution in [0.1, 0.15) is 59.0 Å². The summed E-state index contributed by atoms with van der Waals surface area (Å²) >= 11 is 13.5. The highest BCUT2D eigenvalue weighted by atomic mass is 35.5. The van der Waals surface area contributed by atoms with Crippen LogP contribution < -0.4 is 5.32 Å². The van der Waals surface area contributed by atoms with Gasteiger partial charge in [0.25, 0.3) is 0 Å². The van der Waals surface area contributed by atoms with Crippen molar-refractivity contribution in [3.05, 3.63) is 91.7 Å². The molecule has 0 spiro atoms. The van der Waals surface area contributed by atoms with Gasteiger partial charge in [-0.05, 0) is 53.9 Å². The van der Waals surface area contributed by atoms with E-state index in [0.717, 1.165) is 27.4 Å². The molecule has 1 unspecified atom stereocenters. The molecule has 3 aromatic rings.